The third kappa shape index (κ3) is 5.64. The van der Waals surface area contributed by atoms with Crippen LogP contribution < -0.4 is 4.74 Å². The summed E-state index contributed by atoms with van der Waals surface area (Å²) in [6.45, 7) is 18.6. The summed E-state index contributed by atoms with van der Waals surface area (Å²) in [7, 11) is 0. The van der Waals surface area contributed by atoms with Crippen molar-refractivity contribution in [3.63, 3.8) is 0 Å². The van der Waals surface area contributed by atoms with Crippen LogP contribution in [0.1, 0.15) is 73.7 Å². The first-order valence-electron chi connectivity index (χ1n) is 14.2. The van der Waals surface area contributed by atoms with Crippen LogP contribution in [0.4, 0.5) is 0 Å². The number of ether oxygens (including phenoxy) is 5. The van der Waals surface area contributed by atoms with Crippen LogP contribution >= 0.6 is 0 Å². The first-order chi connectivity index (χ1) is 18.6. The van der Waals surface area contributed by atoms with Gasteiger partial charge in [0.1, 0.15) is 11.5 Å². The molecule has 0 saturated carbocycles. The summed E-state index contributed by atoms with van der Waals surface area (Å²) >= 11 is 0. The normalized spacial score (nSPS) is 27.4. The second kappa shape index (κ2) is 11.4. The van der Waals surface area contributed by atoms with Crippen LogP contribution in [-0.4, -0.2) is 25.4 Å². The smallest absolute Gasteiger partial charge is 0.184 e. The van der Waals surface area contributed by atoms with Gasteiger partial charge in [0, 0.05) is 23.0 Å². The Kier molecular flexibility index (Phi) is 8.16. The molecule has 0 N–H and O–H groups in total. The number of rotatable bonds is 5. The molecule has 3 aromatic rings. The van der Waals surface area contributed by atoms with Gasteiger partial charge in [-0.1, -0.05) is 44.2 Å². The molecule has 5 rings (SSSR count). The van der Waals surface area contributed by atoms with E-state index in [4.69, 9.17) is 23.7 Å². The highest BCUT2D eigenvalue weighted by molar-refractivity contribution is 5.74. The molecule has 5 heteroatoms. The molecule has 0 aliphatic carbocycles. The van der Waals surface area contributed by atoms with E-state index in [2.05, 4.69) is 79.7 Å². The van der Waals surface area contributed by atoms with Crippen molar-refractivity contribution in [2.75, 3.05) is 13.2 Å². The van der Waals surface area contributed by atoms with E-state index in [-0.39, 0.29) is 24.8 Å². The van der Waals surface area contributed by atoms with Crippen LogP contribution in [0.2, 0.25) is 0 Å². The Labute approximate surface area is 233 Å². The number of benzene rings is 3. The second-order valence-corrected chi connectivity index (χ2v) is 11.5. The molecule has 39 heavy (non-hydrogen) atoms. The fourth-order valence-electron chi connectivity index (χ4n) is 5.23. The molecule has 208 valence electrons. The average Bonchev–Trinajstić information content (AvgIpc) is 2.92. The summed E-state index contributed by atoms with van der Waals surface area (Å²) < 4.78 is 30.4. The van der Waals surface area contributed by atoms with Crippen LogP contribution in [0, 0.1) is 39.5 Å². The maximum Gasteiger partial charge on any atom is 0.184 e. The molecule has 0 bridgehead atoms. The lowest BCUT2D eigenvalue weighted by Crippen LogP contribution is -2.32. The van der Waals surface area contributed by atoms with Crippen molar-refractivity contribution in [3.8, 4) is 22.6 Å². The summed E-state index contributed by atoms with van der Waals surface area (Å²) in [4.78, 5) is 0. The highest BCUT2D eigenvalue weighted by atomic mass is 16.7. The number of hydrogen-bond acceptors (Lipinski definition) is 5. The van der Waals surface area contributed by atoms with Crippen molar-refractivity contribution in [3.05, 3.63) is 81.9 Å². The van der Waals surface area contributed by atoms with E-state index in [1.54, 1.807) is 0 Å². The van der Waals surface area contributed by atoms with Gasteiger partial charge in [-0.15, -0.1) is 0 Å². The van der Waals surface area contributed by atoms with E-state index >= 15 is 0 Å². The zero-order valence-electron chi connectivity index (χ0n) is 24.5. The lowest BCUT2D eigenvalue weighted by molar-refractivity contribution is -0.233. The Bertz CT molecular complexity index is 1310. The number of hydrogen-bond donors (Lipinski definition) is 0. The highest BCUT2D eigenvalue weighted by Gasteiger charge is 2.29. The zero-order valence-corrected chi connectivity index (χ0v) is 24.5. The van der Waals surface area contributed by atoms with Crippen molar-refractivity contribution in [1.29, 1.82) is 0 Å². The summed E-state index contributed by atoms with van der Waals surface area (Å²) in [6, 6.07) is 16.6. The van der Waals surface area contributed by atoms with Crippen molar-refractivity contribution < 1.29 is 23.7 Å². The van der Waals surface area contributed by atoms with Gasteiger partial charge in [0.25, 0.3) is 0 Å². The maximum absolute atomic E-state index is 6.32. The van der Waals surface area contributed by atoms with Gasteiger partial charge >= 0.3 is 0 Å². The van der Waals surface area contributed by atoms with Crippen LogP contribution in [-0.2, 0) is 18.9 Å². The molecule has 3 aromatic carbocycles. The Morgan fingerprint density at radius 2 is 1.13 bits per heavy atom. The van der Waals surface area contributed by atoms with E-state index < -0.39 is 0 Å². The monoisotopic (exact) mass is 530 g/mol. The molecular formula is C34H42O5. The molecule has 2 aliphatic heterocycles. The summed E-state index contributed by atoms with van der Waals surface area (Å²) in [5.74, 6) is 2.45. The van der Waals surface area contributed by atoms with Gasteiger partial charge in [0.05, 0.1) is 25.4 Å². The Morgan fingerprint density at radius 1 is 0.590 bits per heavy atom. The van der Waals surface area contributed by atoms with Crippen LogP contribution in [0.3, 0.4) is 0 Å². The van der Waals surface area contributed by atoms with E-state index in [1.165, 1.54) is 27.8 Å². The quantitative estimate of drug-likeness (QED) is 0.331. The van der Waals surface area contributed by atoms with Gasteiger partial charge in [-0.25, -0.2) is 0 Å². The van der Waals surface area contributed by atoms with E-state index in [0.717, 1.165) is 34.8 Å². The largest absolute Gasteiger partial charge is 0.457 e. The summed E-state index contributed by atoms with van der Waals surface area (Å²) in [6.07, 6.45) is -0.279. The topological polar surface area (TPSA) is 46.2 Å². The molecule has 2 heterocycles. The SMILES string of the molecule is Cc1c(Oc2ccc(C3OCC(C)C(C)O3)cc2)ccc(-c2ccc(C3OCC(C)C(C)O3)c(C)c2C)c1C. The minimum absolute atomic E-state index is 0.175. The summed E-state index contributed by atoms with van der Waals surface area (Å²) in [5, 5.41) is 0. The molecule has 2 fully saturated rings. The molecule has 0 spiro atoms. The van der Waals surface area contributed by atoms with Crippen LogP contribution in [0.15, 0.2) is 48.5 Å². The van der Waals surface area contributed by atoms with E-state index in [0.29, 0.717) is 18.4 Å². The average molecular weight is 531 g/mol. The highest BCUT2D eigenvalue weighted by Crippen LogP contribution is 2.39. The minimum Gasteiger partial charge on any atom is -0.457 e. The van der Waals surface area contributed by atoms with Crippen LogP contribution in [0.25, 0.3) is 11.1 Å². The van der Waals surface area contributed by atoms with Crippen molar-refractivity contribution in [2.45, 2.75) is 80.2 Å². The van der Waals surface area contributed by atoms with Crippen molar-refractivity contribution in [2.24, 2.45) is 11.8 Å². The van der Waals surface area contributed by atoms with Gasteiger partial charge in [-0.05, 0) is 93.1 Å². The van der Waals surface area contributed by atoms with E-state index in [9.17, 15) is 0 Å². The molecule has 2 aliphatic rings. The molecule has 6 unspecified atom stereocenters. The van der Waals surface area contributed by atoms with Gasteiger partial charge in [0.2, 0.25) is 0 Å². The Hall–Kier alpha value is -2.70. The predicted molar refractivity (Wildman–Crippen MR) is 154 cm³/mol. The van der Waals surface area contributed by atoms with Gasteiger partial charge in [0.15, 0.2) is 12.6 Å². The molecule has 6 atom stereocenters. The third-order valence-electron chi connectivity index (χ3n) is 8.79. The first-order valence-corrected chi connectivity index (χ1v) is 14.2. The first kappa shape index (κ1) is 27.9. The minimum atomic E-state index is -0.324. The third-order valence-corrected chi connectivity index (χ3v) is 8.79. The lowest BCUT2D eigenvalue weighted by Gasteiger charge is -2.34. The maximum atomic E-state index is 6.32. The fraction of sp³-hybridized carbons (Fsp3) is 0.471. The van der Waals surface area contributed by atoms with Gasteiger partial charge in [-0.2, -0.15) is 0 Å². The Morgan fingerprint density at radius 3 is 1.74 bits per heavy atom. The molecule has 0 radical (unpaired) electrons. The zero-order chi connectivity index (χ0) is 27.8. The molecular weight excluding hydrogens is 488 g/mol. The van der Waals surface area contributed by atoms with Crippen molar-refractivity contribution >= 4 is 0 Å². The predicted octanol–water partition coefficient (Wildman–Crippen LogP) is 8.52. The molecule has 2 saturated heterocycles. The second-order valence-electron chi connectivity index (χ2n) is 11.5. The summed E-state index contributed by atoms with van der Waals surface area (Å²) in [5.41, 5.74) is 9.35. The molecule has 0 aromatic heterocycles. The van der Waals surface area contributed by atoms with Crippen LogP contribution in [0.5, 0.6) is 11.5 Å². The van der Waals surface area contributed by atoms with E-state index in [1.807, 2.05) is 24.3 Å². The van der Waals surface area contributed by atoms with Gasteiger partial charge < -0.3 is 23.7 Å². The Balaban J connectivity index is 1.33. The van der Waals surface area contributed by atoms with Crippen molar-refractivity contribution in [1.82, 2.24) is 0 Å². The lowest BCUT2D eigenvalue weighted by atomic mass is 9.89. The standard InChI is InChI=1S/C34H42O5/c1-19-17-35-33(37-25(19)7)27-9-11-28(12-10-27)39-32-16-15-30(23(5)24(32)6)29-13-14-31(22(4)21(29)3)34-36-18-20(2)26(8)38-34/h9-16,19-20,25-26,33-34H,17-18H2,1-8H3. The van der Waals surface area contributed by atoms with Gasteiger partial charge in [-0.3, -0.25) is 0 Å². The fourth-order valence-corrected chi connectivity index (χ4v) is 5.23. The molecule has 0 amide bonds. The molecule has 5 nitrogen and oxygen atoms in total.